The fourth-order valence-electron chi connectivity index (χ4n) is 3.48. The predicted octanol–water partition coefficient (Wildman–Crippen LogP) is 4.10. The normalized spacial score (nSPS) is 26.4. The molecule has 4 atom stereocenters. The van der Waals surface area contributed by atoms with Crippen LogP contribution in [0.25, 0.3) is 0 Å². The van der Waals surface area contributed by atoms with Gasteiger partial charge in [0.05, 0.1) is 12.7 Å². The maximum Gasteiger partial charge on any atom is 0.303 e. The van der Waals surface area contributed by atoms with Gasteiger partial charge in [-0.25, -0.2) is 0 Å². The van der Waals surface area contributed by atoms with E-state index in [1.54, 1.807) is 0 Å². The molecule has 0 aromatic heterocycles. The first-order chi connectivity index (χ1) is 11.6. The van der Waals surface area contributed by atoms with Crippen molar-refractivity contribution >= 4 is 17.6 Å². The van der Waals surface area contributed by atoms with E-state index in [2.05, 4.69) is 0 Å². The van der Waals surface area contributed by atoms with Gasteiger partial charge in [-0.1, -0.05) is 37.5 Å². The Balaban J connectivity index is 1.75. The van der Waals surface area contributed by atoms with Crippen molar-refractivity contribution in [1.29, 1.82) is 0 Å². The summed E-state index contributed by atoms with van der Waals surface area (Å²) in [5, 5.41) is 18.9. The zero-order chi connectivity index (χ0) is 17.4. The molecule has 1 fully saturated rings. The number of carbonyl (C=O) groups is 1. The quantitative estimate of drug-likeness (QED) is 0.490. The van der Waals surface area contributed by atoms with Gasteiger partial charge in [-0.2, -0.15) is 0 Å². The predicted molar refractivity (Wildman–Crippen MR) is 94.5 cm³/mol. The minimum atomic E-state index is -0.729. The zero-order valence-electron chi connectivity index (χ0n) is 13.9. The van der Waals surface area contributed by atoms with E-state index < -0.39 is 12.1 Å². The number of para-hydroxylation sites is 1. The van der Waals surface area contributed by atoms with Crippen LogP contribution in [0.2, 0.25) is 0 Å². The number of aliphatic hydroxyl groups is 1. The summed E-state index contributed by atoms with van der Waals surface area (Å²) in [6, 6.07) is 9.63. The Morgan fingerprint density at radius 1 is 1.12 bits per heavy atom. The summed E-state index contributed by atoms with van der Waals surface area (Å²) in [4.78, 5) is 10.5. The molecule has 0 spiro atoms. The molecule has 1 aromatic carbocycles. The van der Waals surface area contributed by atoms with E-state index in [0.29, 0.717) is 13.0 Å². The molecule has 4 nitrogen and oxygen atoms in total. The molecule has 0 heterocycles. The molecular formula is C19H27ClO4. The van der Waals surface area contributed by atoms with Crippen LogP contribution in [0, 0.1) is 11.8 Å². The summed E-state index contributed by atoms with van der Waals surface area (Å²) in [5.41, 5.74) is 0. The van der Waals surface area contributed by atoms with Crippen LogP contribution in [0.4, 0.5) is 0 Å². The number of alkyl halides is 1. The monoisotopic (exact) mass is 354 g/mol. The van der Waals surface area contributed by atoms with Crippen LogP contribution in [0.15, 0.2) is 30.3 Å². The van der Waals surface area contributed by atoms with Crippen LogP contribution >= 0.6 is 11.6 Å². The molecule has 2 rings (SSSR count). The third kappa shape index (κ3) is 5.99. The molecule has 134 valence electrons. The third-order valence-corrected chi connectivity index (χ3v) is 5.34. The number of hydrogen-bond acceptors (Lipinski definition) is 3. The number of rotatable bonds is 10. The van der Waals surface area contributed by atoms with Gasteiger partial charge in [0.15, 0.2) is 0 Å². The fourth-order valence-corrected chi connectivity index (χ4v) is 3.98. The standard InChI is InChI=1S/C19H27ClO4/c20-17-12-18(21)16(13-24-14-8-4-3-5-9-14)15(17)10-6-1-2-7-11-19(22)23/h3-5,8-9,15-18,21H,1-2,6-7,10-13H2,(H,22,23)/t15-,16?,17-,18?/m1/s1. The summed E-state index contributed by atoms with van der Waals surface area (Å²) in [6.07, 6.45) is 5.10. The summed E-state index contributed by atoms with van der Waals surface area (Å²) >= 11 is 6.44. The van der Waals surface area contributed by atoms with Crippen LogP contribution in [-0.4, -0.2) is 34.3 Å². The van der Waals surface area contributed by atoms with Crippen LogP contribution in [-0.2, 0) is 4.79 Å². The largest absolute Gasteiger partial charge is 0.493 e. The maximum absolute atomic E-state index is 10.5. The number of hydrogen-bond donors (Lipinski definition) is 2. The van der Waals surface area contributed by atoms with E-state index >= 15 is 0 Å². The Labute approximate surface area is 148 Å². The molecule has 1 saturated carbocycles. The van der Waals surface area contributed by atoms with Crippen LogP contribution < -0.4 is 4.74 Å². The lowest BCUT2D eigenvalue weighted by atomic mass is 9.90. The van der Waals surface area contributed by atoms with Crippen molar-refractivity contribution in [3.63, 3.8) is 0 Å². The molecule has 2 N–H and O–H groups in total. The van der Waals surface area contributed by atoms with E-state index in [-0.39, 0.29) is 23.6 Å². The average Bonchev–Trinajstić information content (AvgIpc) is 2.83. The number of unbranched alkanes of at least 4 members (excludes halogenated alkanes) is 3. The molecule has 2 unspecified atom stereocenters. The molecule has 0 radical (unpaired) electrons. The van der Waals surface area contributed by atoms with E-state index in [4.69, 9.17) is 21.4 Å². The molecule has 1 aliphatic carbocycles. The fraction of sp³-hybridized carbons (Fsp3) is 0.632. The van der Waals surface area contributed by atoms with Gasteiger partial charge in [0.25, 0.3) is 0 Å². The average molecular weight is 355 g/mol. The van der Waals surface area contributed by atoms with E-state index in [9.17, 15) is 9.90 Å². The van der Waals surface area contributed by atoms with Gasteiger partial charge in [0.2, 0.25) is 0 Å². The summed E-state index contributed by atoms with van der Waals surface area (Å²) in [6.45, 7) is 0.484. The van der Waals surface area contributed by atoms with E-state index in [0.717, 1.165) is 37.9 Å². The zero-order valence-corrected chi connectivity index (χ0v) is 14.7. The van der Waals surface area contributed by atoms with E-state index in [1.807, 2.05) is 30.3 Å². The lowest BCUT2D eigenvalue weighted by Gasteiger charge is -2.23. The Kier molecular flexibility index (Phi) is 7.86. The van der Waals surface area contributed by atoms with Crippen molar-refractivity contribution in [2.24, 2.45) is 11.8 Å². The Morgan fingerprint density at radius 3 is 2.54 bits per heavy atom. The smallest absolute Gasteiger partial charge is 0.303 e. The number of aliphatic carboxylic acids is 1. The first-order valence-electron chi connectivity index (χ1n) is 8.79. The van der Waals surface area contributed by atoms with Gasteiger partial charge in [-0.3, -0.25) is 4.79 Å². The number of aliphatic hydroxyl groups excluding tert-OH is 1. The SMILES string of the molecule is O=C(O)CCCCCC[C@@H]1C(COc2ccccc2)C(O)C[C@H]1Cl. The highest BCUT2D eigenvalue weighted by Crippen LogP contribution is 2.39. The minimum Gasteiger partial charge on any atom is -0.493 e. The highest BCUT2D eigenvalue weighted by Gasteiger charge is 2.41. The second-order valence-corrected chi connectivity index (χ2v) is 7.18. The highest BCUT2D eigenvalue weighted by molar-refractivity contribution is 6.21. The van der Waals surface area contributed by atoms with Gasteiger partial charge < -0.3 is 14.9 Å². The summed E-state index contributed by atoms with van der Waals surface area (Å²) in [5.74, 6) is 0.402. The lowest BCUT2D eigenvalue weighted by molar-refractivity contribution is -0.137. The number of ether oxygens (including phenoxy) is 1. The first-order valence-corrected chi connectivity index (χ1v) is 9.23. The van der Waals surface area contributed by atoms with Gasteiger partial charge >= 0.3 is 5.97 Å². The lowest BCUT2D eigenvalue weighted by Crippen LogP contribution is -2.27. The minimum absolute atomic E-state index is 0.0107. The van der Waals surface area contributed by atoms with Crippen molar-refractivity contribution in [3.8, 4) is 5.75 Å². The molecular weight excluding hydrogens is 328 g/mol. The van der Waals surface area contributed by atoms with Crippen LogP contribution in [0.1, 0.15) is 44.9 Å². The first kappa shape index (κ1) is 19.1. The number of benzene rings is 1. The molecule has 24 heavy (non-hydrogen) atoms. The van der Waals surface area contributed by atoms with Crippen LogP contribution in [0.3, 0.4) is 0 Å². The Morgan fingerprint density at radius 2 is 1.83 bits per heavy atom. The van der Waals surface area contributed by atoms with Gasteiger partial charge in [0, 0.05) is 17.7 Å². The van der Waals surface area contributed by atoms with Crippen molar-refractivity contribution < 1.29 is 19.7 Å². The molecule has 0 amide bonds. The van der Waals surface area contributed by atoms with Crippen LogP contribution in [0.5, 0.6) is 5.75 Å². The van der Waals surface area contributed by atoms with Gasteiger partial charge in [-0.05, 0) is 37.3 Å². The molecule has 1 aromatic rings. The second kappa shape index (κ2) is 9.90. The number of halogens is 1. The topological polar surface area (TPSA) is 66.8 Å². The van der Waals surface area contributed by atoms with Crippen molar-refractivity contribution in [1.82, 2.24) is 0 Å². The van der Waals surface area contributed by atoms with Gasteiger partial charge in [-0.15, -0.1) is 11.6 Å². The Bertz CT molecular complexity index is 493. The number of carboxylic acid groups (broad SMARTS) is 1. The molecule has 0 aliphatic heterocycles. The number of carboxylic acids is 1. The van der Waals surface area contributed by atoms with E-state index in [1.165, 1.54) is 0 Å². The molecule has 0 bridgehead atoms. The second-order valence-electron chi connectivity index (χ2n) is 6.62. The summed E-state index contributed by atoms with van der Waals surface area (Å²) in [7, 11) is 0. The molecule has 1 aliphatic rings. The highest BCUT2D eigenvalue weighted by atomic mass is 35.5. The molecule has 5 heteroatoms. The Hall–Kier alpha value is -1.26. The maximum atomic E-state index is 10.5. The van der Waals surface area contributed by atoms with Gasteiger partial charge in [0.1, 0.15) is 5.75 Å². The summed E-state index contributed by atoms with van der Waals surface area (Å²) < 4.78 is 5.83. The van der Waals surface area contributed by atoms with Crippen molar-refractivity contribution in [3.05, 3.63) is 30.3 Å². The van der Waals surface area contributed by atoms with Crippen molar-refractivity contribution in [2.75, 3.05) is 6.61 Å². The molecule has 0 saturated heterocycles. The van der Waals surface area contributed by atoms with Crippen molar-refractivity contribution in [2.45, 2.75) is 56.4 Å². The third-order valence-electron chi connectivity index (χ3n) is 4.84.